The normalized spacial score (nSPS) is 14.1. The van der Waals surface area contributed by atoms with E-state index in [4.69, 9.17) is 0 Å². The molecular formula is C16H18O2. The van der Waals surface area contributed by atoms with Crippen LogP contribution in [-0.4, -0.2) is 16.3 Å². The predicted octanol–water partition coefficient (Wildman–Crippen LogP) is 2.71. The first-order chi connectivity index (χ1) is 8.77. The molecule has 0 aliphatic rings. The van der Waals surface area contributed by atoms with Crippen LogP contribution in [0, 0.1) is 0 Å². The fourth-order valence-electron chi connectivity index (χ4n) is 1.99. The zero-order chi connectivity index (χ0) is 12.8. The molecule has 0 saturated heterocycles. The molecule has 0 aromatic heterocycles. The predicted molar refractivity (Wildman–Crippen MR) is 72.2 cm³/mol. The van der Waals surface area contributed by atoms with Gasteiger partial charge in [0.25, 0.3) is 0 Å². The first kappa shape index (κ1) is 12.8. The van der Waals surface area contributed by atoms with Crippen LogP contribution in [0.5, 0.6) is 0 Å². The molecule has 0 aliphatic carbocycles. The molecule has 0 bridgehead atoms. The Morgan fingerprint density at radius 2 is 1.33 bits per heavy atom. The van der Waals surface area contributed by atoms with Crippen LogP contribution in [0.2, 0.25) is 0 Å². The van der Waals surface area contributed by atoms with E-state index in [1.807, 2.05) is 60.7 Å². The number of aryl methyl sites for hydroxylation is 1. The minimum absolute atomic E-state index is 0.556. The summed E-state index contributed by atoms with van der Waals surface area (Å²) in [7, 11) is 0. The van der Waals surface area contributed by atoms with Crippen LogP contribution in [0.4, 0.5) is 0 Å². The molecule has 2 unspecified atom stereocenters. The van der Waals surface area contributed by atoms with Gasteiger partial charge in [-0.15, -0.1) is 0 Å². The summed E-state index contributed by atoms with van der Waals surface area (Å²) >= 11 is 0. The van der Waals surface area contributed by atoms with E-state index < -0.39 is 12.2 Å². The average Bonchev–Trinajstić information content (AvgIpc) is 2.46. The van der Waals surface area contributed by atoms with Crippen LogP contribution >= 0.6 is 0 Å². The lowest BCUT2D eigenvalue weighted by Crippen LogP contribution is -2.18. The van der Waals surface area contributed by atoms with Gasteiger partial charge in [-0.05, 0) is 24.0 Å². The van der Waals surface area contributed by atoms with Crippen LogP contribution in [0.25, 0.3) is 0 Å². The summed E-state index contributed by atoms with van der Waals surface area (Å²) in [6.07, 6.45) is -0.214. The van der Waals surface area contributed by atoms with Gasteiger partial charge in [0.15, 0.2) is 0 Å². The third-order valence-electron chi connectivity index (χ3n) is 3.08. The Morgan fingerprint density at radius 1 is 0.778 bits per heavy atom. The first-order valence-electron chi connectivity index (χ1n) is 6.22. The fourth-order valence-corrected chi connectivity index (χ4v) is 1.99. The van der Waals surface area contributed by atoms with Gasteiger partial charge < -0.3 is 10.2 Å². The molecule has 2 heteroatoms. The first-order valence-corrected chi connectivity index (χ1v) is 6.22. The van der Waals surface area contributed by atoms with Crippen molar-refractivity contribution in [2.24, 2.45) is 0 Å². The molecular weight excluding hydrogens is 224 g/mol. The van der Waals surface area contributed by atoms with E-state index >= 15 is 0 Å². The number of rotatable bonds is 5. The van der Waals surface area contributed by atoms with E-state index in [-0.39, 0.29) is 0 Å². The van der Waals surface area contributed by atoms with Crippen molar-refractivity contribution in [2.45, 2.75) is 25.0 Å². The lowest BCUT2D eigenvalue weighted by Gasteiger charge is -2.18. The molecule has 0 radical (unpaired) electrons. The Kier molecular flexibility index (Phi) is 4.51. The van der Waals surface area contributed by atoms with Crippen molar-refractivity contribution in [3.8, 4) is 0 Å². The van der Waals surface area contributed by atoms with E-state index in [9.17, 15) is 10.2 Å². The number of aliphatic hydroxyl groups excluding tert-OH is 2. The number of aliphatic hydroxyl groups is 2. The van der Waals surface area contributed by atoms with Gasteiger partial charge in [0, 0.05) is 0 Å². The Hall–Kier alpha value is -1.64. The van der Waals surface area contributed by atoms with Crippen molar-refractivity contribution < 1.29 is 10.2 Å². The Morgan fingerprint density at radius 3 is 1.94 bits per heavy atom. The maximum atomic E-state index is 10.0. The van der Waals surface area contributed by atoms with E-state index in [1.165, 1.54) is 5.56 Å². The van der Waals surface area contributed by atoms with Gasteiger partial charge in [-0.25, -0.2) is 0 Å². The Bertz CT molecular complexity index is 453. The molecule has 0 spiro atoms. The van der Waals surface area contributed by atoms with Gasteiger partial charge in [0.2, 0.25) is 0 Å². The molecule has 94 valence electrons. The number of benzene rings is 2. The highest BCUT2D eigenvalue weighted by molar-refractivity contribution is 5.19. The smallest absolute Gasteiger partial charge is 0.105 e. The zero-order valence-electron chi connectivity index (χ0n) is 10.2. The maximum absolute atomic E-state index is 10.0. The summed E-state index contributed by atoms with van der Waals surface area (Å²) in [5.41, 5.74) is 1.94. The molecule has 2 aromatic rings. The summed E-state index contributed by atoms with van der Waals surface area (Å²) < 4.78 is 0. The summed E-state index contributed by atoms with van der Waals surface area (Å²) in [5, 5.41) is 20.0. The molecule has 0 amide bonds. The molecule has 2 aromatic carbocycles. The monoisotopic (exact) mass is 242 g/mol. The molecule has 0 heterocycles. The van der Waals surface area contributed by atoms with Crippen molar-refractivity contribution in [3.05, 3.63) is 71.8 Å². The van der Waals surface area contributed by atoms with Crippen LogP contribution in [-0.2, 0) is 6.42 Å². The summed E-state index contributed by atoms with van der Waals surface area (Å²) in [6.45, 7) is 0. The lowest BCUT2D eigenvalue weighted by atomic mass is 9.99. The second kappa shape index (κ2) is 6.34. The summed E-state index contributed by atoms with van der Waals surface area (Å²) in [6, 6.07) is 19.3. The molecule has 2 atom stereocenters. The zero-order valence-corrected chi connectivity index (χ0v) is 10.2. The van der Waals surface area contributed by atoms with Crippen LogP contribution in [0.15, 0.2) is 60.7 Å². The van der Waals surface area contributed by atoms with Crippen molar-refractivity contribution >= 4 is 0 Å². The number of hydrogen-bond acceptors (Lipinski definition) is 2. The largest absolute Gasteiger partial charge is 0.390 e. The summed E-state index contributed by atoms with van der Waals surface area (Å²) in [4.78, 5) is 0. The van der Waals surface area contributed by atoms with E-state index in [2.05, 4.69) is 0 Å². The van der Waals surface area contributed by atoms with E-state index in [1.54, 1.807) is 0 Å². The van der Waals surface area contributed by atoms with Crippen molar-refractivity contribution in [1.29, 1.82) is 0 Å². The minimum Gasteiger partial charge on any atom is -0.390 e. The highest BCUT2D eigenvalue weighted by atomic mass is 16.3. The van der Waals surface area contributed by atoms with Gasteiger partial charge in [-0.2, -0.15) is 0 Å². The topological polar surface area (TPSA) is 40.5 Å². The van der Waals surface area contributed by atoms with E-state index in [0.717, 1.165) is 12.0 Å². The van der Waals surface area contributed by atoms with Gasteiger partial charge in [-0.3, -0.25) is 0 Å². The molecule has 0 saturated carbocycles. The number of hydrogen-bond donors (Lipinski definition) is 2. The third-order valence-corrected chi connectivity index (χ3v) is 3.08. The third kappa shape index (κ3) is 3.42. The second-order valence-corrected chi connectivity index (χ2v) is 4.45. The quantitative estimate of drug-likeness (QED) is 0.846. The van der Waals surface area contributed by atoms with Gasteiger partial charge >= 0.3 is 0 Å². The maximum Gasteiger partial charge on any atom is 0.105 e. The molecule has 2 N–H and O–H groups in total. The molecule has 2 nitrogen and oxygen atoms in total. The average molecular weight is 242 g/mol. The molecule has 0 aliphatic heterocycles. The van der Waals surface area contributed by atoms with Crippen molar-refractivity contribution in [1.82, 2.24) is 0 Å². The highest BCUT2D eigenvalue weighted by Crippen LogP contribution is 2.19. The van der Waals surface area contributed by atoms with Gasteiger partial charge in [0.05, 0.1) is 6.10 Å². The van der Waals surface area contributed by atoms with Crippen molar-refractivity contribution in [2.75, 3.05) is 0 Å². The standard InChI is InChI=1S/C16H18O2/c17-15(12-11-13-7-3-1-4-8-13)16(18)14-9-5-2-6-10-14/h1-10,15-18H,11-12H2. The van der Waals surface area contributed by atoms with Crippen LogP contribution in [0.1, 0.15) is 23.7 Å². The Balaban J connectivity index is 1.90. The lowest BCUT2D eigenvalue weighted by molar-refractivity contribution is 0.0137. The molecule has 0 fully saturated rings. The SMILES string of the molecule is OC(CCc1ccccc1)C(O)c1ccccc1. The summed E-state index contributed by atoms with van der Waals surface area (Å²) in [5.74, 6) is 0. The van der Waals surface area contributed by atoms with Gasteiger partial charge in [-0.1, -0.05) is 60.7 Å². The fraction of sp³-hybridized carbons (Fsp3) is 0.250. The minimum atomic E-state index is -0.810. The Labute approximate surface area is 108 Å². The molecule has 18 heavy (non-hydrogen) atoms. The van der Waals surface area contributed by atoms with Crippen LogP contribution < -0.4 is 0 Å². The van der Waals surface area contributed by atoms with E-state index in [0.29, 0.717) is 6.42 Å². The second-order valence-electron chi connectivity index (χ2n) is 4.45. The van der Waals surface area contributed by atoms with Gasteiger partial charge in [0.1, 0.15) is 6.10 Å². The van der Waals surface area contributed by atoms with Crippen molar-refractivity contribution in [3.63, 3.8) is 0 Å². The van der Waals surface area contributed by atoms with Crippen LogP contribution in [0.3, 0.4) is 0 Å². The highest BCUT2D eigenvalue weighted by Gasteiger charge is 2.17. The molecule has 2 rings (SSSR count).